The predicted octanol–water partition coefficient (Wildman–Crippen LogP) is 4.37. The zero-order valence-electron chi connectivity index (χ0n) is 15.0. The number of methoxy groups -OCH3 is 1. The van der Waals surface area contributed by atoms with Gasteiger partial charge in [0.1, 0.15) is 0 Å². The van der Waals surface area contributed by atoms with E-state index in [4.69, 9.17) is 9.15 Å². The van der Waals surface area contributed by atoms with Crippen molar-refractivity contribution < 1.29 is 13.9 Å². The zero-order chi connectivity index (χ0) is 18.4. The molecule has 5 nitrogen and oxygen atoms in total. The monoisotopic (exact) mass is 350 g/mol. The number of ether oxygens (including phenoxy) is 1. The Morgan fingerprint density at radius 2 is 2.00 bits per heavy atom. The first-order chi connectivity index (χ1) is 12.6. The van der Waals surface area contributed by atoms with Gasteiger partial charge < -0.3 is 14.5 Å². The molecule has 0 bridgehead atoms. The predicted molar refractivity (Wildman–Crippen MR) is 101 cm³/mol. The van der Waals surface area contributed by atoms with Gasteiger partial charge in [-0.25, -0.2) is 4.98 Å². The molecule has 0 aliphatic rings. The quantitative estimate of drug-likeness (QED) is 0.687. The molecule has 134 valence electrons. The van der Waals surface area contributed by atoms with E-state index in [1.54, 1.807) is 13.3 Å². The summed E-state index contributed by atoms with van der Waals surface area (Å²) in [5.74, 6) is 1.20. The molecule has 0 aliphatic carbocycles. The largest absolute Gasteiger partial charge is 0.441 e. The van der Waals surface area contributed by atoms with Crippen LogP contribution >= 0.6 is 0 Å². The molecule has 0 saturated heterocycles. The molecule has 26 heavy (non-hydrogen) atoms. The van der Waals surface area contributed by atoms with Crippen molar-refractivity contribution in [2.24, 2.45) is 0 Å². The van der Waals surface area contributed by atoms with Gasteiger partial charge in [0.05, 0.1) is 12.8 Å². The first-order valence-corrected chi connectivity index (χ1v) is 8.53. The number of hydrogen-bond acceptors (Lipinski definition) is 4. The third-order valence-corrected chi connectivity index (χ3v) is 3.98. The van der Waals surface area contributed by atoms with E-state index in [0.29, 0.717) is 31.1 Å². The third kappa shape index (κ3) is 4.80. The smallest absolute Gasteiger partial charge is 0.224 e. The SMILES string of the molecule is COCc1cccc(NC(=O)CCc2ncc(-c3ccc(C)cc3)o2)c1. The van der Waals surface area contributed by atoms with E-state index in [0.717, 1.165) is 16.8 Å². The maximum absolute atomic E-state index is 12.2. The van der Waals surface area contributed by atoms with Gasteiger partial charge in [0.15, 0.2) is 11.7 Å². The molecule has 1 aromatic heterocycles. The second-order valence-corrected chi connectivity index (χ2v) is 6.17. The van der Waals surface area contributed by atoms with E-state index in [2.05, 4.69) is 10.3 Å². The molecule has 1 N–H and O–H groups in total. The van der Waals surface area contributed by atoms with Crippen LogP contribution in [0.3, 0.4) is 0 Å². The van der Waals surface area contributed by atoms with E-state index >= 15 is 0 Å². The van der Waals surface area contributed by atoms with Crippen LogP contribution in [-0.4, -0.2) is 18.0 Å². The highest BCUT2D eigenvalue weighted by atomic mass is 16.5. The lowest BCUT2D eigenvalue weighted by atomic mass is 10.1. The standard InChI is InChI=1S/C21H22N2O3/c1-15-6-8-17(9-7-15)19-13-22-21(26-19)11-10-20(24)23-18-5-3-4-16(12-18)14-25-2/h3-9,12-13H,10-11,14H2,1-2H3,(H,23,24). The minimum atomic E-state index is -0.0744. The highest BCUT2D eigenvalue weighted by Crippen LogP contribution is 2.21. The fraction of sp³-hybridized carbons (Fsp3) is 0.238. The van der Waals surface area contributed by atoms with Crippen LogP contribution < -0.4 is 5.32 Å². The number of rotatable bonds is 7. The third-order valence-electron chi connectivity index (χ3n) is 3.98. The summed E-state index contributed by atoms with van der Waals surface area (Å²) in [6.07, 6.45) is 2.46. The topological polar surface area (TPSA) is 64.4 Å². The maximum Gasteiger partial charge on any atom is 0.224 e. The number of benzene rings is 2. The van der Waals surface area contributed by atoms with Gasteiger partial charge in [0, 0.05) is 31.2 Å². The molecule has 0 saturated carbocycles. The minimum absolute atomic E-state index is 0.0744. The van der Waals surface area contributed by atoms with Crippen molar-refractivity contribution in [2.45, 2.75) is 26.4 Å². The number of oxazole rings is 1. The van der Waals surface area contributed by atoms with E-state index in [-0.39, 0.29) is 5.91 Å². The van der Waals surface area contributed by atoms with Gasteiger partial charge in [-0.05, 0) is 24.6 Å². The van der Waals surface area contributed by atoms with Gasteiger partial charge in [-0.1, -0.05) is 42.0 Å². The van der Waals surface area contributed by atoms with Crippen LogP contribution in [0.1, 0.15) is 23.4 Å². The number of anilines is 1. The molecule has 2 aromatic carbocycles. The Morgan fingerprint density at radius 3 is 2.77 bits per heavy atom. The summed E-state index contributed by atoms with van der Waals surface area (Å²) in [6.45, 7) is 2.56. The van der Waals surface area contributed by atoms with Crippen molar-refractivity contribution in [1.29, 1.82) is 0 Å². The molecule has 0 unspecified atom stereocenters. The summed E-state index contributed by atoms with van der Waals surface area (Å²) >= 11 is 0. The van der Waals surface area contributed by atoms with Crippen LogP contribution in [0, 0.1) is 6.92 Å². The number of aromatic nitrogens is 1. The number of amides is 1. The zero-order valence-corrected chi connectivity index (χ0v) is 15.0. The molecule has 0 radical (unpaired) electrons. The Hall–Kier alpha value is -2.92. The van der Waals surface area contributed by atoms with E-state index in [9.17, 15) is 4.79 Å². The van der Waals surface area contributed by atoms with Gasteiger partial charge in [-0.2, -0.15) is 0 Å². The Bertz CT molecular complexity index is 869. The van der Waals surface area contributed by atoms with Crippen molar-refractivity contribution in [1.82, 2.24) is 4.98 Å². The molecule has 5 heteroatoms. The molecule has 1 heterocycles. The highest BCUT2D eigenvalue weighted by Gasteiger charge is 2.09. The van der Waals surface area contributed by atoms with E-state index < -0.39 is 0 Å². The van der Waals surface area contributed by atoms with Crippen LogP contribution in [0.5, 0.6) is 0 Å². The average molecular weight is 350 g/mol. The number of hydrogen-bond donors (Lipinski definition) is 1. The highest BCUT2D eigenvalue weighted by molar-refractivity contribution is 5.90. The molecule has 0 fully saturated rings. The molecule has 0 aliphatic heterocycles. The normalized spacial score (nSPS) is 10.7. The average Bonchev–Trinajstić information content (AvgIpc) is 3.10. The Kier molecular flexibility index (Phi) is 5.81. The molecule has 0 spiro atoms. The van der Waals surface area contributed by atoms with Crippen molar-refractivity contribution in [2.75, 3.05) is 12.4 Å². The molecule has 0 atom stereocenters. The molecule has 1 amide bonds. The van der Waals surface area contributed by atoms with Gasteiger partial charge >= 0.3 is 0 Å². The summed E-state index contributed by atoms with van der Waals surface area (Å²) in [5, 5.41) is 2.89. The maximum atomic E-state index is 12.2. The molecule has 3 rings (SSSR count). The first-order valence-electron chi connectivity index (χ1n) is 8.53. The summed E-state index contributed by atoms with van der Waals surface area (Å²) in [4.78, 5) is 16.4. The fourth-order valence-corrected chi connectivity index (χ4v) is 2.63. The minimum Gasteiger partial charge on any atom is -0.441 e. The van der Waals surface area contributed by atoms with Crippen molar-refractivity contribution in [3.05, 3.63) is 71.7 Å². The van der Waals surface area contributed by atoms with Crippen LogP contribution in [0.4, 0.5) is 5.69 Å². The van der Waals surface area contributed by atoms with Crippen LogP contribution in [0.25, 0.3) is 11.3 Å². The number of nitrogens with one attached hydrogen (secondary N) is 1. The van der Waals surface area contributed by atoms with E-state index in [1.165, 1.54) is 5.56 Å². The summed E-state index contributed by atoms with van der Waals surface area (Å²) in [5.41, 5.74) is 3.95. The van der Waals surface area contributed by atoms with Gasteiger partial charge in [0.25, 0.3) is 0 Å². The molecule has 3 aromatic rings. The Labute approximate surface area is 153 Å². The van der Waals surface area contributed by atoms with Crippen LogP contribution in [-0.2, 0) is 22.6 Å². The fourth-order valence-electron chi connectivity index (χ4n) is 2.63. The lowest BCUT2D eigenvalue weighted by molar-refractivity contribution is -0.116. The lowest BCUT2D eigenvalue weighted by Gasteiger charge is -2.06. The number of nitrogens with zero attached hydrogens (tertiary/aromatic N) is 1. The second kappa shape index (κ2) is 8.45. The number of carbonyl (C=O) groups is 1. The van der Waals surface area contributed by atoms with Gasteiger partial charge in [-0.15, -0.1) is 0 Å². The van der Waals surface area contributed by atoms with Gasteiger partial charge in [-0.3, -0.25) is 4.79 Å². The second-order valence-electron chi connectivity index (χ2n) is 6.17. The van der Waals surface area contributed by atoms with Gasteiger partial charge in [0.2, 0.25) is 5.91 Å². The molecular weight excluding hydrogens is 328 g/mol. The van der Waals surface area contributed by atoms with Crippen molar-refractivity contribution >= 4 is 11.6 Å². The van der Waals surface area contributed by atoms with Crippen molar-refractivity contribution in [3.8, 4) is 11.3 Å². The Morgan fingerprint density at radius 1 is 1.19 bits per heavy atom. The lowest BCUT2D eigenvalue weighted by Crippen LogP contribution is -2.12. The summed E-state index contributed by atoms with van der Waals surface area (Å²) < 4.78 is 10.9. The Balaban J connectivity index is 1.55. The van der Waals surface area contributed by atoms with Crippen molar-refractivity contribution in [3.63, 3.8) is 0 Å². The summed E-state index contributed by atoms with van der Waals surface area (Å²) in [7, 11) is 1.65. The number of aryl methyl sites for hydroxylation is 2. The van der Waals surface area contributed by atoms with E-state index in [1.807, 2.05) is 55.5 Å². The molecular formula is C21H22N2O3. The number of carbonyl (C=O) groups excluding carboxylic acids is 1. The van der Waals surface area contributed by atoms with Crippen LogP contribution in [0.2, 0.25) is 0 Å². The first kappa shape index (κ1) is 17.9. The van der Waals surface area contributed by atoms with Crippen LogP contribution in [0.15, 0.2) is 59.1 Å². The summed E-state index contributed by atoms with van der Waals surface area (Å²) in [6, 6.07) is 15.7.